The van der Waals surface area contributed by atoms with Crippen LogP contribution in [0.1, 0.15) is 51.6 Å². The van der Waals surface area contributed by atoms with Crippen molar-refractivity contribution in [1.29, 1.82) is 0 Å². The average Bonchev–Trinajstić information content (AvgIpc) is 3.52. The van der Waals surface area contributed by atoms with E-state index in [1.54, 1.807) is 42.5 Å². The van der Waals surface area contributed by atoms with E-state index in [1.165, 1.54) is 26.6 Å². The van der Waals surface area contributed by atoms with Crippen LogP contribution in [0.3, 0.4) is 0 Å². The minimum Gasteiger partial charge on any atom is -0.493 e. The number of methoxy groups -OCH3 is 2. The Hall–Kier alpha value is -4.51. The first-order valence-electron chi connectivity index (χ1n) is 17.4. The lowest BCUT2D eigenvalue weighted by atomic mass is 9.65. The first-order valence-corrected chi connectivity index (χ1v) is 18.2. The second-order valence-electron chi connectivity index (χ2n) is 14.0. The van der Waals surface area contributed by atoms with E-state index in [2.05, 4.69) is 11.0 Å². The van der Waals surface area contributed by atoms with E-state index < -0.39 is 23.6 Å². The maximum absolute atomic E-state index is 13.8. The molecule has 4 aromatic rings. The molecule has 2 N–H and O–H groups in total. The quantitative estimate of drug-likeness (QED) is 0.0996. The van der Waals surface area contributed by atoms with Gasteiger partial charge in [0, 0.05) is 41.9 Å². The first kappa shape index (κ1) is 35.9. The molecule has 3 aliphatic heterocycles. The van der Waals surface area contributed by atoms with Crippen molar-refractivity contribution < 1.29 is 38.8 Å². The third kappa shape index (κ3) is 6.31. The minimum atomic E-state index is -1.28. The Kier molecular flexibility index (Phi) is 9.99. The van der Waals surface area contributed by atoms with Crippen molar-refractivity contribution in [2.24, 2.45) is 17.8 Å². The molecule has 4 heterocycles. The predicted octanol–water partition coefficient (Wildman–Crippen LogP) is 6.61. The van der Waals surface area contributed by atoms with Crippen molar-refractivity contribution in [1.82, 2.24) is 4.90 Å². The van der Waals surface area contributed by atoms with Gasteiger partial charge in [-0.1, -0.05) is 53.5 Å². The Morgan fingerprint density at radius 1 is 0.981 bits per heavy atom. The third-order valence-electron chi connectivity index (χ3n) is 11.5. The molecule has 0 amide bonds. The van der Waals surface area contributed by atoms with Crippen LogP contribution >= 0.6 is 23.2 Å². The van der Waals surface area contributed by atoms with Gasteiger partial charge in [0.1, 0.15) is 16.1 Å². The minimum absolute atomic E-state index is 0.0993. The number of carboxylic acid groups (broad SMARTS) is 1. The van der Waals surface area contributed by atoms with Crippen molar-refractivity contribution in [3.8, 4) is 11.5 Å². The van der Waals surface area contributed by atoms with Crippen LogP contribution in [0.5, 0.6) is 11.5 Å². The van der Waals surface area contributed by atoms with Crippen LogP contribution in [0, 0.1) is 17.8 Å². The van der Waals surface area contributed by atoms with Gasteiger partial charge >= 0.3 is 11.9 Å². The van der Waals surface area contributed by atoms with Gasteiger partial charge in [0.15, 0.2) is 17.0 Å². The number of hydrogen-bond donors (Lipinski definition) is 2. The number of piperidine rings is 3. The number of pyridine rings is 1. The highest BCUT2D eigenvalue weighted by Gasteiger charge is 2.60. The zero-order valence-corrected chi connectivity index (χ0v) is 30.8. The summed E-state index contributed by atoms with van der Waals surface area (Å²) >= 11 is 12.9. The summed E-state index contributed by atoms with van der Waals surface area (Å²) in [7, 11) is 4.91. The SMILES string of the molecule is COc1ccc([C@H](Cc2c(Cl)c[n+](O)cc2Cl)OC(=O)c2ccc(N(C)C3(C(=O)O)c4ccccc4CC3[C@@H]3CN4CCC3CC4)cc2)cc1OC. The number of aliphatic carboxylic acids is 1. The molecule has 4 aliphatic rings. The predicted molar refractivity (Wildman–Crippen MR) is 196 cm³/mol. The summed E-state index contributed by atoms with van der Waals surface area (Å²) in [5, 5.41) is 21.5. The zero-order valence-electron chi connectivity index (χ0n) is 29.3. The highest BCUT2D eigenvalue weighted by atomic mass is 35.5. The van der Waals surface area contributed by atoms with Gasteiger partial charge in [-0.2, -0.15) is 0 Å². The number of ether oxygens (including phenoxy) is 3. The summed E-state index contributed by atoms with van der Waals surface area (Å²) in [5.41, 5.74) is 2.68. The molecule has 2 bridgehead atoms. The summed E-state index contributed by atoms with van der Waals surface area (Å²) in [4.78, 5) is 31.9. The van der Waals surface area contributed by atoms with Gasteiger partial charge < -0.3 is 29.1 Å². The number of benzene rings is 3. The van der Waals surface area contributed by atoms with E-state index in [4.69, 9.17) is 37.4 Å². The van der Waals surface area contributed by atoms with Gasteiger partial charge in [-0.25, -0.2) is 9.59 Å². The number of rotatable bonds is 11. The topological polar surface area (TPSA) is 113 Å². The van der Waals surface area contributed by atoms with Crippen LogP contribution in [-0.2, 0) is 27.9 Å². The summed E-state index contributed by atoms with van der Waals surface area (Å²) < 4.78 is 17.8. The third-order valence-corrected chi connectivity index (χ3v) is 12.1. The number of hydrogen-bond acceptors (Lipinski definition) is 8. The number of carboxylic acids is 1. The molecule has 12 heteroatoms. The van der Waals surface area contributed by atoms with E-state index in [0.717, 1.165) is 48.3 Å². The summed E-state index contributed by atoms with van der Waals surface area (Å²) in [6.45, 7) is 3.07. The molecule has 1 aliphatic carbocycles. The number of carbonyl (C=O) groups is 2. The number of esters is 1. The molecule has 2 unspecified atom stereocenters. The lowest BCUT2D eigenvalue weighted by molar-refractivity contribution is -0.904. The van der Waals surface area contributed by atoms with Gasteiger partial charge in [-0.15, -0.1) is 0 Å². The number of anilines is 1. The highest BCUT2D eigenvalue weighted by Crippen LogP contribution is 2.54. The molecule has 0 radical (unpaired) electrons. The normalized spacial score (nSPS) is 23.8. The molecule has 52 heavy (non-hydrogen) atoms. The number of aromatic nitrogens is 1. The summed E-state index contributed by atoms with van der Waals surface area (Å²) in [6.07, 6.45) is 4.76. The molecule has 1 aromatic heterocycles. The Labute approximate surface area is 313 Å². The van der Waals surface area contributed by atoms with E-state index in [1.807, 2.05) is 30.1 Å². The molecular weight excluding hydrogens is 705 g/mol. The number of halogens is 2. The van der Waals surface area contributed by atoms with E-state index in [0.29, 0.717) is 40.7 Å². The van der Waals surface area contributed by atoms with E-state index in [-0.39, 0.29) is 33.9 Å². The van der Waals surface area contributed by atoms with Gasteiger partial charge in [0.25, 0.3) is 0 Å². The lowest BCUT2D eigenvalue weighted by Crippen LogP contribution is -2.60. The summed E-state index contributed by atoms with van der Waals surface area (Å²) in [6, 6.07) is 20.0. The fraction of sp³-hybridized carbons (Fsp3) is 0.375. The van der Waals surface area contributed by atoms with Crippen molar-refractivity contribution in [3.63, 3.8) is 0 Å². The molecule has 3 fully saturated rings. The Morgan fingerprint density at radius 3 is 2.27 bits per heavy atom. The number of likely N-dealkylation sites (N-methyl/N-ethyl adjacent to an activating group) is 1. The zero-order chi connectivity index (χ0) is 36.7. The van der Waals surface area contributed by atoms with Crippen LogP contribution in [0.2, 0.25) is 10.0 Å². The number of carbonyl (C=O) groups excluding carboxylic acids is 1. The molecule has 8 rings (SSSR count). The van der Waals surface area contributed by atoms with Crippen molar-refractivity contribution >= 4 is 40.8 Å². The van der Waals surface area contributed by atoms with Gasteiger partial charge in [0.05, 0.1) is 19.8 Å². The molecule has 272 valence electrons. The highest BCUT2D eigenvalue weighted by molar-refractivity contribution is 6.35. The van der Waals surface area contributed by atoms with Crippen molar-refractivity contribution in [3.05, 3.63) is 117 Å². The number of fused-ring (bicyclic) bond motifs is 4. The Balaban J connectivity index is 1.19. The molecule has 4 atom stereocenters. The van der Waals surface area contributed by atoms with Crippen LogP contribution in [-0.4, -0.2) is 68.1 Å². The second kappa shape index (κ2) is 14.5. The Bertz CT molecular complexity index is 1960. The van der Waals surface area contributed by atoms with Gasteiger partial charge in [-0.05, 0) is 97.3 Å². The maximum Gasteiger partial charge on any atom is 0.338 e. The standard InChI is InChI=1S/C40H41Cl2N3O7/c1-43(40(39(47)48)31-7-5-4-6-26(31)18-32(40)30-21-44-16-14-24(30)15-17-44)28-11-8-25(9-12-28)38(46)52-36(20-29-33(41)22-45(49)23-34(29)42)27-10-13-35(50-2)37(19-27)51-3/h4-13,19,22-24,30,32,36H,14-18,20-21H2,1-3H3,(H-,47,48,49)/p+1/t30-,32?,36+,40?/m1/s1. The fourth-order valence-corrected chi connectivity index (χ4v) is 9.46. The molecule has 3 aromatic carbocycles. The smallest absolute Gasteiger partial charge is 0.338 e. The molecule has 3 saturated heterocycles. The maximum atomic E-state index is 13.8. The van der Waals surface area contributed by atoms with Crippen LogP contribution in [0.4, 0.5) is 5.69 Å². The average molecular weight is 748 g/mol. The van der Waals surface area contributed by atoms with Crippen molar-refractivity contribution in [2.75, 3.05) is 45.8 Å². The molecule has 10 nitrogen and oxygen atoms in total. The fourth-order valence-electron chi connectivity index (χ4n) is 8.85. The largest absolute Gasteiger partial charge is 0.493 e. The van der Waals surface area contributed by atoms with Crippen LogP contribution in [0.25, 0.3) is 0 Å². The van der Waals surface area contributed by atoms with Crippen LogP contribution < -0.4 is 19.1 Å². The number of nitrogens with zero attached hydrogens (tertiary/aromatic N) is 3. The van der Waals surface area contributed by atoms with Crippen molar-refractivity contribution in [2.45, 2.75) is 37.3 Å². The monoisotopic (exact) mass is 746 g/mol. The summed E-state index contributed by atoms with van der Waals surface area (Å²) in [5.74, 6) is 0.121. The van der Waals surface area contributed by atoms with Gasteiger partial charge in [-0.3, -0.25) is 5.21 Å². The first-order chi connectivity index (χ1) is 25.0. The molecule has 0 spiro atoms. The van der Waals surface area contributed by atoms with E-state index >= 15 is 0 Å². The molecule has 0 saturated carbocycles. The second-order valence-corrected chi connectivity index (χ2v) is 14.8. The van der Waals surface area contributed by atoms with Gasteiger partial charge in [0.2, 0.25) is 12.4 Å². The Morgan fingerprint density at radius 2 is 1.65 bits per heavy atom. The lowest BCUT2D eigenvalue weighted by Gasteiger charge is -2.52. The van der Waals surface area contributed by atoms with Crippen LogP contribution in [0.15, 0.2) is 79.1 Å². The van der Waals surface area contributed by atoms with E-state index in [9.17, 15) is 19.9 Å². The molecular formula is C40H42Cl2N3O7+.